The number of ether oxygens (including phenoxy) is 2. The highest BCUT2D eigenvalue weighted by Gasteiger charge is 2.65. The predicted molar refractivity (Wildman–Crippen MR) is 105 cm³/mol. The maximum Gasteiger partial charge on any atom is 0.417 e. The molecule has 166 valence electrons. The lowest BCUT2D eigenvalue weighted by Gasteiger charge is -2.32. The van der Waals surface area contributed by atoms with E-state index in [1.54, 1.807) is 12.1 Å². The highest BCUT2D eigenvalue weighted by molar-refractivity contribution is 9.10. The number of alkyl halides is 3. The van der Waals surface area contributed by atoms with Crippen LogP contribution in [0.15, 0.2) is 28.9 Å². The van der Waals surface area contributed by atoms with Gasteiger partial charge in [0.2, 0.25) is 5.82 Å². The van der Waals surface area contributed by atoms with E-state index in [0.29, 0.717) is 10.1 Å². The topological polar surface area (TPSA) is 60.0 Å². The third kappa shape index (κ3) is 3.38. The second-order valence-electron chi connectivity index (χ2n) is 7.57. The highest BCUT2D eigenvalue weighted by atomic mass is 79.9. The molecule has 0 saturated carbocycles. The molecule has 0 bridgehead atoms. The zero-order valence-corrected chi connectivity index (χ0v) is 18.1. The van der Waals surface area contributed by atoms with Gasteiger partial charge >= 0.3 is 6.18 Å². The third-order valence-electron chi connectivity index (χ3n) is 5.91. The van der Waals surface area contributed by atoms with Crippen LogP contribution in [0.2, 0.25) is 0 Å². The lowest BCUT2D eigenvalue weighted by atomic mass is 9.77. The van der Waals surface area contributed by atoms with Crippen LogP contribution in [-0.2, 0) is 4.74 Å². The van der Waals surface area contributed by atoms with Crippen molar-refractivity contribution in [3.05, 3.63) is 51.9 Å². The van der Waals surface area contributed by atoms with Crippen LogP contribution in [0.4, 0.5) is 22.0 Å². The van der Waals surface area contributed by atoms with E-state index in [0.717, 1.165) is 20.1 Å². The Morgan fingerprint density at radius 3 is 2.52 bits per heavy atom. The first-order valence-electron chi connectivity index (χ1n) is 9.26. The molecule has 0 aliphatic carbocycles. The first kappa shape index (κ1) is 21.9. The molecule has 11 heteroatoms. The van der Waals surface area contributed by atoms with Crippen LogP contribution < -0.4 is 4.74 Å². The summed E-state index contributed by atoms with van der Waals surface area (Å²) in [6.07, 6.45) is -5.97. The largest absolute Gasteiger partial charge is 0.493 e. The minimum absolute atomic E-state index is 0.0569. The summed E-state index contributed by atoms with van der Waals surface area (Å²) in [5, 5.41) is 0. The summed E-state index contributed by atoms with van der Waals surface area (Å²) in [5.41, 5.74) is -1.74. The zero-order chi connectivity index (χ0) is 22.7. The lowest BCUT2D eigenvalue weighted by molar-refractivity contribution is -0.275. The molecular formula is C20H17BrF5N3O2. The summed E-state index contributed by atoms with van der Waals surface area (Å²) in [6, 6.07) is 5.39. The molecule has 0 radical (unpaired) electrons. The number of aromatic amines is 1. The fraction of sp³-hybridized carbons (Fsp3) is 0.400. The van der Waals surface area contributed by atoms with E-state index in [1.165, 1.54) is 13.0 Å². The Balaban J connectivity index is 1.92. The molecule has 5 nitrogen and oxygen atoms in total. The fourth-order valence-corrected chi connectivity index (χ4v) is 4.37. The number of aromatic nitrogens is 3. The first-order valence-corrected chi connectivity index (χ1v) is 10.1. The zero-order valence-electron chi connectivity index (χ0n) is 16.5. The molecular weight excluding hydrogens is 489 g/mol. The predicted octanol–water partition coefficient (Wildman–Crippen LogP) is 5.82. The highest BCUT2D eigenvalue weighted by Crippen LogP contribution is 2.59. The Bertz CT molecular complexity index is 1150. The number of pyridine rings is 1. The Morgan fingerprint density at radius 1 is 1.16 bits per heavy atom. The number of hydrogen-bond donors (Lipinski definition) is 1. The molecule has 1 saturated heterocycles. The van der Waals surface area contributed by atoms with Gasteiger partial charge in [0.05, 0.1) is 12.6 Å². The summed E-state index contributed by atoms with van der Waals surface area (Å²) in [4.78, 5) is 11.4. The van der Waals surface area contributed by atoms with Gasteiger partial charge in [-0.1, -0.05) is 13.0 Å². The van der Waals surface area contributed by atoms with Gasteiger partial charge in [0, 0.05) is 17.4 Å². The number of H-pyrrole nitrogens is 1. The van der Waals surface area contributed by atoms with Crippen molar-refractivity contribution in [2.75, 3.05) is 7.11 Å². The van der Waals surface area contributed by atoms with E-state index in [1.807, 2.05) is 0 Å². The molecule has 3 heterocycles. The number of imidazole rings is 1. The third-order valence-corrected chi connectivity index (χ3v) is 6.35. The van der Waals surface area contributed by atoms with E-state index >= 15 is 0 Å². The van der Waals surface area contributed by atoms with Gasteiger partial charge < -0.3 is 14.5 Å². The summed E-state index contributed by atoms with van der Waals surface area (Å²) in [6.45, 7) is 2.30. The van der Waals surface area contributed by atoms with Gasteiger partial charge in [-0.15, -0.1) is 0 Å². The van der Waals surface area contributed by atoms with Crippen molar-refractivity contribution >= 4 is 27.1 Å². The number of benzene rings is 1. The van der Waals surface area contributed by atoms with Crippen molar-refractivity contribution in [1.29, 1.82) is 0 Å². The molecule has 2 aromatic heterocycles. The van der Waals surface area contributed by atoms with E-state index in [4.69, 9.17) is 9.47 Å². The Labute approximate surface area is 182 Å². The van der Waals surface area contributed by atoms with Gasteiger partial charge in [-0.05, 0) is 41.1 Å². The maximum absolute atomic E-state index is 14.4. The monoisotopic (exact) mass is 505 g/mol. The molecule has 1 fully saturated rings. The summed E-state index contributed by atoms with van der Waals surface area (Å²) in [5.74, 6) is -5.03. The lowest BCUT2D eigenvalue weighted by Crippen LogP contribution is -2.46. The molecule has 31 heavy (non-hydrogen) atoms. The van der Waals surface area contributed by atoms with Crippen LogP contribution in [0, 0.1) is 17.6 Å². The van der Waals surface area contributed by atoms with Gasteiger partial charge in [0.25, 0.3) is 0 Å². The minimum atomic E-state index is -4.72. The summed E-state index contributed by atoms with van der Waals surface area (Å²) < 4.78 is 81.3. The number of nitrogens with one attached hydrogen (secondary N) is 1. The van der Waals surface area contributed by atoms with Crippen molar-refractivity contribution in [2.45, 2.75) is 37.6 Å². The number of halogens is 6. The van der Waals surface area contributed by atoms with Gasteiger partial charge in [0.1, 0.15) is 16.5 Å². The number of fused-ring (bicyclic) bond motifs is 1. The van der Waals surface area contributed by atoms with Crippen molar-refractivity contribution < 1.29 is 31.4 Å². The summed E-state index contributed by atoms with van der Waals surface area (Å²) >= 11 is 3.22. The molecule has 3 aromatic rings. The van der Waals surface area contributed by atoms with E-state index in [9.17, 15) is 22.0 Å². The minimum Gasteiger partial charge on any atom is -0.493 e. The van der Waals surface area contributed by atoms with Crippen LogP contribution in [0.1, 0.15) is 37.3 Å². The standard InChI is InChI=1S/C20H17BrF5N3O2/c1-8-13(9-4-5-10(22)14(23)15(9)30-3)16(31-19(8,2)20(24,25)26)18-27-11-6-7-12(21)28-17(11)29-18/h4-8,13,16H,1-3H3,(H,27,28,29)/t8-,13-,16+,19+/m0/s1. The molecule has 1 N–H and O–H groups in total. The quantitative estimate of drug-likeness (QED) is 0.360. The summed E-state index contributed by atoms with van der Waals surface area (Å²) in [7, 11) is 1.13. The number of hydrogen-bond acceptors (Lipinski definition) is 4. The Kier molecular flexibility index (Phi) is 5.24. The van der Waals surface area contributed by atoms with Crippen LogP contribution >= 0.6 is 15.9 Å². The molecule has 0 unspecified atom stereocenters. The SMILES string of the molecule is COc1c([C@H]2[C@H](c3nc4nc(Br)ccc4[nH]3)O[C@@](C)(C(F)(F)F)[C@H]2C)ccc(F)c1F. The molecule has 1 aliphatic heterocycles. The number of nitrogens with zero attached hydrogens (tertiary/aromatic N) is 2. The van der Waals surface area contributed by atoms with Crippen molar-refractivity contribution in [1.82, 2.24) is 15.0 Å². The van der Waals surface area contributed by atoms with Crippen molar-refractivity contribution in [3.63, 3.8) is 0 Å². The molecule has 4 rings (SSSR count). The second kappa shape index (κ2) is 7.40. The van der Waals surface area contributed by atoms with Crippen LogP contribution in [0.3, 0.4) is 0 Å². The normalized spacial score (nSPS) is 26.5. The van der Waals surface area contributed by atoms with E-state index in [2.05, 4.69) is 30.9 Å². The van der Waals surface area contributed by atoms with Gasteiger partial charge in [-0.2, -0.15) is 17.6 Å². The smallest absolute Gasteiger partial charge is 0.417 e. The van der Waals surface area contributed by atoms with Gasteiger partial charge in [-0.25, -0.2) is 14.4 Å². The van der Waals surface area contributed by atoms with Gasteiger partial charge in [0.15, 0.2) is 22.8 Å². The molecule has 0 amide bonds. The molecule has 4 atom stereocenters. The number of methoxy groups -OCH3 is 1. The average molecular weight is 506 g/mol. The molecule has 1 aromatic carbocycles. The van der Waals surface area contributed by atoms with E-state index in [-0.39, 0.29) is 17.0 Å². The van der Waals surface area contributed by atoms with Crippen LogP contribution in [0.5, 0.6) is 5.75 Å². The maximum atomic E-state index is 14.4. The second-order valence-corrected chi connectivity index (χ2v) is 8.38. The fourth-order valence-electron chi connectivity index (χ4n) is 4.07. The van der Waals surface area contributed by atoms with Crippen LogP contribution in [0.25, 0.3) is 11.2 Å². The first-order chi connectivity index (χ1) is 14.5. The molecule has 1 aliphatic rings. The van der Waals surface area contributed by atoms with E-state index < -0.39 is 47.1 Å². The van der Waals surface area contributed by atoms with Crippen LogP contribution in [-0.4, -0.2) is 33.8 Å². The number of rotatable bonds is 3. The van der Waals surface area contributed by atoms with Gasteiger partial charge in [-0.3, -0.25) is 0 Å². The van der Waals surface area contributed by atoms with Crippen molar-refractivity contribution in [2.24, 2.45) is 5.92 Å². The molecule has 0 spiro atoms. The Hall–Kier alpha value is -2.27. The average Bonchev–Trinajstić information content (AvgIpc) is 3.23. The van der Waals surface area contributed by atoms with Crippen molar-refractivity contribution in [3.8, 4) is 5.75 Å². The Morgan fingerprint density at radius 2 is 1.87 bits per heavy atom.